The summed E-state index contributed by atoms with van der Waals surface area (Å²) in [5, 5.41) is 14.3. The fourth-order valence-electron chi connectivity index (χ4n) is 3.18. The molecule has 8 heteroatoms. The number of hydroxylamine groups is 1. The molecular weight excluding hydrogens is 413 g/mol. The van der Waals surface area contributed by atoms with E-state index in [2.05, 4.69) is 0 Å². The van der Waals surface area contributed by atoms with E-state index in [1.807, 2.05) is 66.9 Å². The van der Waals surface area contributed by atoms with Crippen LogP contribution in [-0.2, 0) is 16.0 Å². The second kappa shape index (κ2) is 11.0. The molecule has 0 saturated heterocycles. The zero-order chi connectivity index (χ0) is 19.9. The summed E-state index contributed by atoms with van der Waals surface area (Å²) in [7, 11) is 1.55. The number of halogens is 2. The van der Waals surface area contributed by atoms with Gasteiger partial charge in [0.2, 0.25) is 5.91 Å². The molecule has 1 amide bonds. The number of aromatic nitrogens is 2. The van der Waals surface area contributed by atoms with Gasteiger partial charge in [-0.1, -0.05) is 41.9 Å². The highest BCUT2D eigenvalue weighted by atomic mass is 35.5. The van der Waals surface area contributed by atoms with Gasteiger partial charge < -0.3 is 4.74 Å². The maximum Gasteiger partial charge on any atom is 0.245 e. The molecule has 0 aliphatic heterocycles. The third kappa shape index (κ3) is 6.05. The summed E-state index contributed by atoms with van der Waals surface area (Å²) < 4.78 is 7.40. The van der Waals surface area contributed by atoms with Crippen LogP contribution in [0.15, 0.2) is 66.9 Å². The van der Waals surface area contributed by atoms with Crippen LogP contribution in [0.3, 0.4) is 0 Å². The van der Waals surface area contributed by atoms with Gasteiger partial charge in [-0.3, -0.25) is 10.0 Å². The number of methoxy groups -OCH3 is 1. The molecule has 2 atom stereocenters. The van der Waals surface area contributed by atoms with Gasteiger partial charge in [-0.15, -0.1) is 12.4 Å². The average molecular weight is 436 g/mol. The van der Waals surface area contributed by atoms with E-state index in [1.165, 1.54) is 0 Å². The molecule has 0 spiro atoms. The molecule has 29 heavy (non-hydrogen) atoms. The lowest BCUT2D eigenvalue weighted by Crippen LogP contribution is -2.31. The van der Waals surface area contributed by atoms with E-state index in [-0.39, 0.29) is 24.7 Å². The summed E-state index contributed by atoms with van der Waals surface area (Å²) in [5.74, 6) is -0.691. The van der Waals surface area contributed by atoms with Crippen LogP contribution in [0, 0.1) is 0 Å². The minimum absolute atomic E-state index is 0. The highest BCUT2D eigenvalue weighted by Crippen LogP contribution is 2.28. The summed E-state index contributed by atoms with van der Waals surface area (Å²) >= 11 is 5.99. The lowest BCUT2D eigenvalue weighted by Gasteiger charge is -2.24. The molecule has 2 unspecified atom stereocenters. The molecule has 2 N–H and O–H groups in total. The van der Waals surface area contributed by atoms with Gasteiger partial charge in [-0.2, -0.15) is 5.10 Å². The Labute approximate surface area is 180 Å². The largest absolute Gasteiger partial charge is 0.380 e. The maximum atomic E-state index is 11.8. The summed E-state index contributed by atoms with van der Waals surface area (Å²) in [6.45, 7) is 0. The topological polar surface area (TPSA) is 76.4 Å². The van der Waals surface area contributed by atoms with Crippen molar-refractivity contribution in [1.29, 1.82) is 0 Å². The molecule has 2 aromatic carbocycles. The van der Waals surface area contributed by atoms with Crippen LogP contribution in [-0.4, -0.2) is 34.1 Å². The summed E-state index contributed by atoms with van der Waals surface area (Å²) in [5.41, 5.74) is 4.48. The normalized spacial score (nSPS) is 12.7. The van der Waals surface area contributed by atoms with Crippen molar-refractivity contribution in [2.45, 2.75) is 24.9 Å². The van der Waals surface area contributed by atoms with Gasteiger partial charge in [0.1, 0.15) is 0 Å². The second-order valence-corrected chi connectivity index (χ2v) is 6.91. The van der Waals surface area contributed by atoms with Gasteiger partial charge in [0.15, 0.2) is 0 Å². The Balaban J connectivity index is 0.00000300. The SMILES string of the molecule is COC(CC(=O)NO)C(Cc1ccc(Cl)cc1)c1ccn(-c2ccccc2)n1.Cl. The highest BCUT2D eigenvalue weighted by Gasteiger charge is 2.28. The molecule has 154 valence electrons. The van der Waals surface area contributed by atoms with E-state index in [4.69, 9.17) is 26.6 Å². The van der Waals surface area contributed by atoms with Crippen molar-refractivity contribution in [1.82, 2.24) is 15.3 Å². The Hall–Kier alpha value is -2.38. The van der Waals surface area contributed by atoms with Gasteiger partial charge in [-0.25, -0.2) is 10.2 Å². The first kappa shape index (κ1) is 22.9. The number of carbonyl (C=O) groups excluding carboxylic acids is 1. The third-order valence-corrected chi connectivity index (χ3v) is 4.89. The number of hydrogen-bond acceptors (Lipinski definition) is 4. The lowest BCUT2D eigenvalue weighted by molar-refractivity contribution is -0.132. The van der Waals surface area contributed by atoms with Gasteiger partial charge >= 0.3 is 0 Å². The fourth-order valence-corrected chi connectivity index (χ4v) is 3.31. The molecule has 1 aromatic heterocycles. The number of carbonyl (C=O) groups is 1. The Bertz CT molecular complexity index is 901. The van der Waals surface area contributed by atoms with Crippen LogP contribution in [0.2, 0.25) is 5.02 Å². The van der Waals surface area contributed by atoms with Crippen molar-refractivity contribution in [2.24, 2.45) is 0 Å². The van der Waals surface area contributed by atoms with Crippen molar-refractivity contribution in [3.05, 3.63) is 83.1 Å². The number of para-hydroxylation sites is 1. The van der Waals surface area contributed by atoms with Crippen molar-refractivity contribution >= 4 is 29.9 Å². The first-order valence-corrected chi connectivity index (χ1v) is 9.29. The smallest absolute Gasteiger partial charge is 0.245 e. The monoisotopic (exact) mass is 435 g/mol. The quantitative estimate of drug-likeness (QED) is 0.410. The zero-order valence-corrected chi connectivity index (χ0v) is 17.4. The summed E-state index contributed by atoms with van der Waals surface area (Å²) in [6, 6.07) is 19.3. The van der Waals surface area contributed by atoms with Crippen LogP contribution in [0.1, 0.15) is 23.6 Å². The number of benzene rings is 2. The molecular formula is C21H23Cl2N3O3. The molecule has 0 aliphatic rings. The van der Waals surface area contributed by atoms with Crippen molar-refractivity contribution in [3.63, 3.8) is 0 Å². The Morgan fingerprint density at radius 3 is 2.48 bits per heavy atom. The minimum Gasteiger partial charge on any atom is -0.380 e. The molecule has 0 bridgehead atoms. The lowest BCUT2D eigenvalue weighted by atomic mass is 9.89. The van der Waals surface area contributed by atoms with Gasteiger partial charge in [0, 0.05) is 24.2 Å². The van der Waals surface area contributed by atoms with Gasteiger partial charge in [0.05, 0.1) is 23.9 Å². The van der Waals surface area contributed by atoms with Crippen LogP contribution < -0.4 is 5.48 Å². The molecule has 0 radical (unpaired) electrons. The van der Waals surface area contributed by atoms with Crippen LogP contribution >= 0.6 is 24.0 Å². The van der Waals surface area contributed by atoms with Crippen molar-refractivity contribution in [2.75, 3.05) is 7.11 Å². The van der Waals surface area contributed by atoms with E-state index < -0.39 is 12.0 Å². The molecule has 1 heterocycles. The number of rotatable bonds is 8. The van der Waals surface area contributed by atoms with E-state index in [0.29, 0.717) is 11.4 Å². The van der Waals surface area contributed by atoms with Crippen LogP contribution in [0.5, 0.6) is 0 Å². The second-order valence-electron chi connectivity index (χ2n) is 6.47. The summed E-state index contributed by atoms with van der Waals surface area (Å²) in [6.07, 6.45) is 2.06. The number of hydrogen-bond donors (Lipinski definition) is 2. The van der Waals surface area contributed by atoms with Crippen molar-refractivity contribution < 1.29 is 14.7 Å². The number of ether oxygens (including phenoxy) is 1. The van der Waals surface area contributed by atoms with E-state index in [9.17, 15) is 4.79 Å². The number of amides is 1. The van der Waals surface area contributed by atoms with Crippen LogP contribution in [0.4, 0.5) is 0 Å². The standard InChI is InChI=1S/C21H22ClN3O3.ClH/c1-28-20(14-21(26)24-27)18(13-15-7-9-16(22)10-8-15)19-11-12-25(23-19)17-5-3-2-4-6-17;/h2-12,18,20,27H,13-14H2,1H3,(H,24,26);1H. The molecule has 0 saturated carbocycles. The Morgan fingerprint density at radius 1 is 1.17 bits per heavy atom. The minimum atomic E-state index is -0.504. The number of nitrogens with zero attached hydrogens (tertiary/aromatic N) is 2. The summed E-state index contributed by atoms with van der Waals surface area (Å²) in [4.78, 5) is 11.8. The fraction of sp³-hybridized carbons (Fsp3) is 0.238. The van der Waals surface area contributed by atoms with E-state index in [0.717, 1.165) is 16.9 Å². The van der Waals surface area contributed by atoms with E-state index >= 15 is 0 Å². The van der Waals surface area contributed by atoms with Gasteiger partial charge in [-0.05, 0) is 42.3 Å². The predicted octanol–water partition coefficient (Wildman–Crippen LogP) is 4.18. The Kier molecular flexibility index (Phi) is 8.67. The molecule has 0 aliphatic carbocycles. The molecule has 3 aromatic rings. The zero-order valence-electron chi connectivity index (χ0n) is 15.9. The Morgan fingerprint density at radius 2 is 1.86 bits per heavy atom. The predicted molar refractivity (Wildman–Crippen MR) is 114 cm³/mol. The first-order valence-electron chi connectivity index (χ1n) is 8.92. The highest BCUT2D eigenvalue weighted by molar-refractivity contribution is 6.30. The van der Waals surface area contributed by atoms with Crippen molar-refractivity contribution in [3.8, 4) is 5.69 Å². The maximum absolute atomic E-state index is 11.8. The molecule has 6 nitrogen and oxygen atoms in total. The molecule has 0 fully saturated rings. The van der Waals surface area contributed by atoms with Crippen LogP contribution in [0.25, 0.3) is 5.69 Å². The third-order valence-electron chi connectivity index (χ3n) is 4.64. The van der Waals surface area contributed by atoms with E-state index in [1.54, 1.807) is 17.3 Å². The van der Waals surface area contributed by atoms with Gasteiger partial charge in [0.25, 0.3) is 0 Å². The first-order chi connectivity index (χ1) is 13.6. The molecule has 3 rings (SSSR count). The number of nitrogens with one attached hydrogen (secondary N) is 1. The average Bonchev–Trinajstić information content (AvgIpc) is 3.22.